The third kappa shape index (κ3) is 4.36. The SMILES string of the molecule is Fc1ccc(NC(=S)Nc2ccn(Cc3ccccc3F)n2)c(F)c1. The van der Waals surface area contributed by atoms with E-state index < -0.39 is 11.6 Å². The Hall–Kier alpha value is -2.87. The van der Waals surface area contributed by atoms with Gasteiger partial charge in [0.05, 0.1) is 12.2 Å². The summed E-state index contributed by atoms with van der Waals surface area (Å²) < 4.78 is 41.7. The van der Waals surface area contributed by atoms with E-state index in [1.807, 2.05) is 0 Å². The Morgan fingerprint density at radius 3 is 2.56 bits per heavy atom. The second kappa shape index (κ2) is 7.35. The topological polar surface area (TPSA) is 41.9 Å². The molecule has 1 aromatic heterocycles. The lowest BCUT2D eigenvalue weighted by Crippen LogP contribution is -2.20. The fourth-order valence-corrected chi connectivity index (χ4v) is 2.39. The Bertz CT molecular complexity index is 910. The zero-order chi connectivity index (χ0) is 17.8. The molecule has 25 heavy (non-hydrogen) atoms. The first-order valence-electron chi connectivity index (χ1n) is 7.31. The molecule has 0 atom stereocenters. The quantitative estimate of drug-likeness (QED) is 0.684. The van der Waals surface area contributed by atoms with Crippen LogP contribution in [0.4, 0.5) is 24.7 Å². The van der Waals surface area contributed by atoms with Crippen LogP contribution in [0, 0.1) is 17.5 Å². The fourth-order valence-electron chi connectivity index (χ4n) is 2.18. The van der Waals surface area contributed by atoms with Crippen molar-refractivity contribution in [2.45, 2.75) is 6.54 Å². The van der Waals surface area contributed by atoms with Crippen molar-refractivity contribution in [3.63, 3.8) is 0 Å². The maximum Gasteiger partial charge on any atom is 0.176 e. The number of thiocarbonyl (C=S) groups is 1. The molecular formula is C17H13F3N4S. The van der Waals surface area contributed by atoms with Crippen LogP contribution in [0.1, 0.15) is 5.56 Å². The maximum atomic E-state index is 13.7. The molecule has 4 nitrogen and oxygen atoms in total. The highest BCUT2D eigenvalue weighted by molar-refractivity contribution is 7.80. The number of hydrogen-bond donors (Lipinski definition) is 2. The van der Waals surface area contributed by atoms with Crippen LogP contribution in [0.2, 0.25) is 0 Å². The van der Waals surface area contributed by atoms with Crippen LogP contribution in [-0.2, 0) is 6.54 Å². The van der Waals surface area contributed by atoms with E-state index in [-0.39, 0.29) is 23.2 Å². The second-order valence-electron chi connectivity index (χ2n) is 5.19. The molecule has 0 spiro atoms. The Kier molecular flexibility index (Phi) is 4.99. The van der Waals surface area contributed by atoms with Gasteiger partial charge in [0.2, 0.25) is 0 Å². The van der Waals surface area contributed by atoms with Crippen molar-refractivity contribution in [3.8, 4) is 0 Å². The van der Waals surface area contributed by atoms with Crippen molar-refractivity contribution in [1.29, 1.82) is 0 Å². The summed E-state index contributed by atoms with van der Waals surface area (Å²) in [7, 11) is 0. The summed E-state index contributed by atoms with van der Waals surface area (Å²) in [6.45, 7) is 0.265. The molecule has 0 aliphatic heterocycles. The van der Waals surface area contributed by atoms with Gasteiger partial charge >= 0.3 is 0 Å². The Balaban J connectivity index is 1.63. The van der Waals surface area contributed by atoms with Crippen LogP contribution in [0.3, 0.4) is 0 Å². The molecule has 0 fully saturated rings. The van der Waals surface area contributed by atoms with E-state index in [0.29, 0.717) is 11.4 Å². The van der Waals surface area contributed by atoms with Gasteiger partial charge in [-0.1, -0.05) is 18.2 Å². The van der Waals surface area contributed by atoms with E-state index in [1.54, 1.807) is 35.1 Å². The summed E-state index contributed by atoms with van der Waals surface area (Å²) in [5, 5.41) is 9.73. The number of nitrogens with zero attached hydrogens (tertiary/aromatic N) is 2. The highest BCUT2D eigenvalue weighted by Crippen LogP contribution is 2.16. The molecule has 8 heteroatoms. The second-order valence-corrected chi connectivity index (χ2v) is 5.60. The first kappa shape index (κ1) is 17.0. The Morgan fingerprint density at radius 2 is 1.80 bits per heavy atom. The molecule has 0 amide bonds. The van der Waals surface area contributed by atoms with Gasteiger partial charge in [0.25, 0.3) is 0 Å². The molecule has 3 aromatic rings. The van der Waals surface area contributed by atoms with E-state index in [0.717, 1.165) is 12.1 Å². The van der Waals surface area contributed by atoms with E-state index in [1.165, 1.54) is 12.1 Å². The largest absolute Gasteiger partial charge is 0.330 e. The summed E-state index contributed by atoms with van der Waals surface area (Å²) in [5.74, 6) is -1.32. The van der Waals surface area contributed by atoms with Gasteiger partial charge in [-0.05, 0) is 30.4 Å². The maximum absolute atomic E-state index is 13.7. The zero-order valence-corrected chi connectivity index (χ0v) is 13.7. The van der Waals surface area contributed by atoms with Gasteiger partial charge in [-0.3, -0.25) is 4.68 Å². The van der Waals surface area contributed by atoms with Crippen molar-refractivity contribution in [2.75, 3.05) is 10.6 Å². The number of halogens is 3. The molecule has 0 aliphatic rings. The van der Waals surface area contributed by atoms with Crippen molar-refractivity contribution in [1.82, 2.24) is 9.78 Å². The van der Waals surface area contributed by atoms with E-state index >= 15 is 0 Å². The summed E-state index contributed by atoms with van der Waals surface area (Å²) in [5.41, 5.74) is 0.552. The molecule has 0 saturated heterocycles. The average Bonchev–Trinajstić information content (AvgIpc) is 2.99. The van der Waals surface area contributed by atoms with Crippen molar-refractivity contribution < 1.29 is 13.2 Å². The highest BCUT2D eigenvalue weighted by atomic mass is 32.1. The minimum Gasteiger partial charge on any atom is -0.330 e. The molecule has 0 saturated carbocycles. The average molecular weight is 362 g/mol. The lowest BCUT2D eigenvalue weighted by molar-refractivity contribution is 0.586. The lowest BCUT2D eigenvalue weighted by Gasteiger charge is -2.09. The lowest BCUT2D eigenvalue weighted by atomic mass is 10.2. The third-order valence-electron chi connectivity index (χ3n) is 3.35. The number of aromatic nitrogens is 2. The van der Waals surface area contributed by atoms with Crippen LogP contribution >= 0.6 is 12.2 Å². The van der Waals surface area contributed by atoms with E-state index in [9.17, 15) is 13.2 Å². The van der Waals surface area contributed by atoms with Gasteiger partial charge in [0, 0.05) is 23.9 Å². The number of benzene rings is 2. The number of hydrogen-bond acceptors (Lipinski definition) is 2. The van der Waals surface area contributed by atoms with Crippen LogP contribution in [0.25, 0.3) is 0 Å². The standard InChI is InChI=1S/C17H13F3N4S/c18-12-5-6-15(14(20)9-12)21-17(25)22-16-7-8-24(23-16)10-11-3-1-2-4-13(11)19/h1-9H,10H2,(H2,21,22,23,25). The van der Waals surface area contributed by atoms with Crippen molar-refractivity contribution >= 4 is 28.8 Å². The molecule has 0 aliphatic carbocycles. The number of rotatable bonds is 4. The monoisotopic (exact) mass is 362 g/mol. The molecular weight excluding hydrogens is 349 g/mol. The molecule has 0 radical (unpaired) electrons. The van der Waals surface area contributed by atoms with Crippen LogP contribution < -0.4 is 10.6 Å². The number of nitrogens with one attached hydrogen (secondary N) is 2. The summed E-state index contributed by atoms with van der Waals surface area (Å²) in [4.78, 5) is 0. The van der Waals surface area contributed by atoms with Gasteiger partial charge in [-0.2, -0.15) is 5.10 Å². The molecule has 128 valence electrons. The van der Waals surface area contributed by atoms with Crippen LogP contribution in [-0.4, -0.2) is 14.9 Å². The van der Waals surface area contributed by atoms with Gasteiger partial charge < -0.3 is 10.6 Å². The van der Waals surface area contributed by atoms with Gasteiger partial charge in [0.1, 0.15) is 17.5 Å². The zero-order valence-electron chi connectivity index (χ0n) is 12.8. The highest BCUT2D eigenvalue weighted by Gasteiger charge is 2.08. The van der Waals surface area contributed by atoms with Gasteiger partial charge in [-0.25, -0.2) is 13.2 Å². The smallest absolute Gasteiger partial charge is 0.176 e. The van der Waals surface area contributed by atoms with Crippen molar-refractivity contribution in [2.24, 2.45) is 0 Å². The minimum atomic E-state index is -0.755. The molecule has 1 heterocycles. The third-order valence-corrected chi connectivity index (χ3v) is 3.56. The molecule has 0 bridgehead atoms. The predicted octanol–water partition coefficient (Wildman–Crippen LogP) is 4.16. The Labute approximate surface area is 147 Å². The minimum absolute atomic E-state index is 0.0460. The molecule has 0 unspecified atom stereocenters. The number of anilines is 2. The van der Waals surface area contributed by atoms with Crippen LogP contribution in [0.5, 0.6) is 0 Å². The van der Waals surface area contributed by atoms with E-state index in [2.05, 4.69) is 15.7 Å². The van der Waals surface area contributed by atoms with E-state index in [4.69, 9.17) is 12.2 Å². The summed E-state index contributed by atoms with van der Waals surface area (Å²) in [6, 6.07) is 11.2. The van der Waals surface area contributed by atoms with Gasteiger partial charge in [0.15, 0.2) is 10.9 Å². The van der Waals surface area contributed by atoms with Gasteiger partial charge in [-0.15, -0.1) is 0 Å². The predicted molar refractivity (Wildman–Crippen MR) is 93.9 cm³/mol. The molecule has 3 rings (SSSR count). The fraction of sp³-hybridized carbons (Fsp3) is 0.0588. The van der Waals surface area contributed by atoms with Crippen LogP contribution in [0.15, 0.2) is 54.7 Å². The molecule has 2 aromatic carbocycles. The first-order chi connectivity index (χ1) is 12.0. The Morgan fingerprint density at radius 1 is 1.00 bits per heavy atom. The van der Waals surface area contributed by atoms with Crippen molar-refractivity contribution in [3.05, 3.63) is 77.7 Å². The molecule has 2 N–H and O–H groups in total. The summed E-state index contributed by atoms with van der Waals surface area (Å²) in [6.07, 6.45) is 1.66. The normalized spacial score (nSPS) is 10.5. The summed E-state index contributed by atoms with van der Waals surface area (Å²) >= 11 is 5.08. The first-order valence-corrected chi connectivity index (χ1v) is 7.72.